The van der Waals surface area contributed by atoms with Crippen LogP contribution in [0.1, 0.15) is 5.69 Å². The molecule has 12 nitrogen and oxygen atoms in total. The van der Waals surface area contributed by atoms with Gasteiger partial charge in [0.25, 0.3) is 12.2 Å². The summed E-state index contributed by atoms with van der Waals surface area (Å²) in [5, 5.41) is 13.8. The predicted octanol–water partition coefficient (Wildman–Crippen LogP) is 4.03. The number of aromatic nitrogens is 3. The van der Waals surface area contributed by atoms with Gasteiger partial charge in [-0.3, -0.25) is 9.78 Å². The summed E-state index contributed by atoms with van der Waals surface area (Å²) >= 11 is 6.47. The van der Waals surface area contributed by atoms with Crippen molar-refractivity contribution in [3.05, 3.63) is 77.8 Å². The first kappa shape index (κ1) is 31.7. The van der Waals surface area contributed by atoms with Crippen molar-refractivity contribution in [2.24, 2.45) is 0 Å². The molecule has 45 heavy (non-hydrogen) atoms. The van der Waals surface area contributed by atoms with E-state index in [1.54, 1.807) is 42.6 Å². The number of hydrogen-bond acceptors (Lipinski definition) is 11. The van der Waals surface area contributed by atoms with Crippen LogP contribution < -0.4 is 14.8 Å². The molecule has 1 amide bonds. The van der Waals surface area contributed by atoms with Crippen LogP contribution in [0.2, 0.25) is 5.02 Å². The highest BCUT2D eigenvalue weighted by molar-refractivity contribution is 6.32. The number of nitrogens with one attached hydrogen (secondary N) is 1. The second-order valence-electron chi connectivity index (χ2n) is 9.60. The van der Waals surface area contributed by atoms with Gasteiger partial charge in [-0.05, 0) is 42.5 Å². The van der Waals surface area contributed by atoms with Gasteiger partial charge in [-0.25, -0.2) is 14.8 Å². The van der Waals surface area contributed by atoms with Crippen LogP contribution in [0.3, 0.4) is 0 Å². The van der Waals surface area contributed by atoms with Gasteiger partial charge in [-0.2, -0.15) is 13.2 Å². The summed E-state index contributed by atoms with van der Waals surface area (Å²) in [5.41, 5.74) is 1.91. The van der Waals surface area contributed by atoms with E-state index in [1.165, 1.54) is 6.33 Å². The van der Waals surface area contributed by atoms with Gasteiger partial charge in [-0.1, -0.05) is 23.7 Å². The first-order chi connectivity index (χ1) is 21.6. The molecule has 0 saturated carbocycles. The van der Waals surface area contributed by atoms with Crippen molar-refractivity contribution in [2.45, 2.75) is 25.2 Å². The average Bonchev–Trinajstić information content (AvgIpc) is 3.03. The van der Waals surface area contributed by atoms with Gasteiger partial charge >= 0.3 is 12.1 Å². The molecule has 0 radical (unpaired) electrons. The Hall–Kier alpha value is -4.73. The summed E-state index contributed by atoms with van der Waals surface area (Å²) in [5.74, 6) is -2.63. The SMILES string of the molecule is O=C(C(O)OC(=O)C(F)(F)F)N1CCO[C@H](COc2cccc3ncnc(Nc4ccc(OCc5ccccn5)c(Cl)c4)c23)C1. The number of benzene rings is 2. The summed E-state index contributed by atoms with van der Waals surface area (Å²) in [6, 6.07) is 15.8. The molecule has 16 heteroatoms. The van der Waals surface area contributed by atoms with Crippen LogP contribution in [-0.4, -0.2) is 81.7 Å². The molecule has 4 aromatic rings. The number of aliphatic hydroxyl groups excluding tert-OH is 1. The smallest absolute Gasteiger partial charge is 0.490 e. The number of ether oxygens (including phenoxy) is 4. The van der Waals surface area contributed by atoms with Gasteiger partial charge in [0.15, 0.2) is 0 Å². The fourth-order valence-electron chi connectivity index (χ4n) is 4.34. The Balaban J connectivity index is 1.24. The summed E-state index contributed by atoms with van der Waals surface area (Å²) in [4.78, 5) is 37.3. The molecule has 2 aromatic heterocycles. The number of fused-ring (bicyclic) bond motifs is 1. The second kappa shape index (κ2) is 13.9. The third-order valence-electron chi connectivity index (χ3n) is 6.46. The molecule has 1 saturated heterocycles. The van der Waals surface area contributed by atoms with E-state index in [9.17, 15) is 27.9 Å². The van der Waals surface area contributed by atoms with Gasteiger partial charge in [0, 0.05) is 18.4 Å². The Bertz CT molecular complexity index is 1660. The zero-order chi connectivity index (χ0) is 32.0. The van der Waals surface area contributed by atoms with E-state index in [1.807, 2.05) is 18.2 Å². The van der Waals surface area contributed by atoms with Crippen LogP contribution in [-0.2, 0) is 25.7 Å². The zero-order valence-corrected chi connectivity index (χ0v) is 24.0. The van der Waals surface area contributed by atoms with E-state index in [4.69, 9.17) is 25.8 Å². The molecule has 0 aliphatic carbocycles. The largest absolute Gasteiger partial charge is 0.491 e. The van der Waals surface area contributed by atoms with Crippen molar-refractivity contribution < 1.29 is 46.8 Å². The normalized spacial score (nSPS) is 15.8. The highest BCUT2D eigenvalue weighted by Gasteiger charge is 2.44. The Morgan fingerprint density at radius 3 is 2.69 bits per heavy atom. The van der Waals surface area contributed by atoms with Crippen LogP contribution >= 0.6 is 11.6 Å². The quantitative estimate of drug-likeness (QED) is 0.190. The van der Waals surface area contributed by atoms with E-state index in [2.05, 4.69) is 25.0 Å². The first-order valence-corrected chi connectivity index (χ1v) is 13.8. The average molecular weight is 648 g/mol. The molecule has 2 atom stereocenters. The van der Waals surface area contributed by atoms with Crippen LogP contribution in [0.5, 0.6) is 11.5 Å². The maximum atomic E-state index is 12.4. The molecule has 1 fully saturated rings. The third-order valence-corrected chi connectivity index (χ3v) is 6.75. The highest BCUT2D eigenvalue weighted by Crippen LogP contribution is 2.34. The minimum absolute atomic E-state index is 0.00743. The number of esters is 1. The highest BCUT2D eigenvalue weighted by atomic mass is 35.5. The van der Waals surface area contributed by atoms with Crippen LogP contribution in [0.15, 0.2) is 67.1 Å². The number of hydrogen-bond donors (Lipinski definition) is 2. The lowest BCUT2D eigenvalue weighted by Crippen LogP contribution is -2.52. The number of pyridine rings is 1. The zero-order valence-electron chi connectivity index (χ0n) is 23.2. The first-order valence-electron chi connectivity index (χ1n) is 13.4. The van der Waals surface area contributed by atoms with Crippen molar-refractivity contribution in [3.63, 3.8) is 0 Å². The van der Waals surface area contributed by atoms with E-state index in [0.717, 1.165) is 10.6 Å². The Morgan fingerprint density at radius 2 is 1.93 bits per heavy atom. The molecule has 236 valence electrons. The van der Waals surface area contributed by atoms with E-state index in [-0.39, 0.29) is 32.9 Å². The molecule has 0 spiro atoms. The Kier molecular flexibility index (Phi) is 9.80. The topological polar surface area (TPSA) is 145 Å². The number of halogens is 4. The van der Waals surface area contributed by atoms with Crippen molar-refractivity contribution in [2.75, 3.05) is 31.6 Å². The Morgan fingerprint density at radius 1 is 1.09 bits per heavy atom. The van der Waals surface area contributed by atoms with Crippen LogP contribution in [0.25, 0.3) is 10.9 Å². The molecular weight excluding hydrogens is 623 g/mol. The minimum Gasteiger partial charge on any atom is -0.490 e. The number of morpholine rings is 1. The number of carbonyl (C=O) groups is 2. The fourth-order valence-corrected chi connectivity index (χ4v) is 4.57. The van der Waals surface area contributed by atoms with Gasteiger partial charge in [0.05, 0.1) is 34.8 Å². The van der Waals surface area contributed by atoms with Crippen molar-refractivity contribution >= 4 is 45.9 Å². The summed E-state index contributed by atoms with van der Waals surface area (Å²) in [7, 11) is 0. The maximum Gasteiger partial charge on any atom is 0.491 e. The summed E-state index contributed by atoms with van der Waals surface area (Å²) < 4.78 is 58.6. The lowest BCUT2D eigenvalue weighted by atomic mass is 10.2. The van der Waals surface area contributed by atoms with E-state index < -0.39 is 30.4 Å². The van der Waals surface area contributed by atoms with E-state index in [0.29, 0.717) is 38.9 Å². The van der Waals surface area contributed by atoms with Crippen molar-refractivity contribution in [3.8, 4) is 11.5 Å². The lowest BCUT2D eigenvalue weighted by Gasteiger charge is -2.33. The van der Waals surface area contributed by atoms with Gasteiger partial charge in [-0.15, -0.1) is 0 Å². The molecule has 3 heterocycles. The predicted molar refractivity (Wildman–Crippen MR) is 153 cm³/mol. The molecule has 1 aliphatic heterocycles. The number of alkyl halides is 3. The maximum absolute atomic E-state index is 12.4. The second-order valence-corrected chi connectivity index (χ2v) is 10.0. The number of carbonyl (C=O) groups excluding carboxylic acids is 2. The molecule has 1 unspecified atom stereocenters. The summed E-state index contributed by atoms with van der Waals surface area (Å²) in [6.07, 6.45) is -5.64. The van der Waals surface area contributed by atoms with Crippen LogP contribution in [0.4, 0.5) is 24.7 Å². The summed E-state index contributed by atoms with van der Waals surface area (Å²) in [6.45, 7) is -0.00858. The van der Waals surface area contributed by atoms with Gasteiger partial charge in [0.1, 0.15) is 43.0 Å². The molecular formula is C29H25ClF3N5O7. The number of aliphatic hydroxyl groups is 1. The van der Waals surface area contributed by atoms with Crippen molar-refractivity contribution in [1.29, 1.82) is 0 Å². The lowest BCUT2D eigenvalue weighted by molar-refractivity contribution is -0.222. The van der Waals surface area contributed by atoms with Crippen LogP contribution in [0, 0.1) is 0 Å². The molecule has 2 N–H and O–H groups in total. The van der Waals surface area contributed by atoms with Gasteiger partial charge in [0.2, 0.25) is 0 Å². The van der Waals surface area contributed by atoms with Crippen molar-refractivity contribution in [1.82, 2.24) is 19.9 Å². The monoisotopic (exact) mass is 647 g/mol. The standard InChI is InChI=1S/C29H25ClF3N5O7/c30-20-12-17(7-8-22(20)43-14-18-4-1-2-9-34-18)37-25-24-21(35-16-36-25)5-3-6-23(24)44-15-19-13-38(10-11-42-19)26(39)27(40)45-28(41)29(31,32)33/h1-9,12,16,19,27,40H,10-11,13-15H2,(H,35,36,37)/t19-,27?/m0/s1. The number of rotatable bonds is 10. The Labute approximate surface area is 258 Å². The molecule has 5 rings (SSSR count). The fraction of sp³-hybridized carbons (Fsp3) is 0.276. The third kappa shape index (κ3) is 8.06. The number of nitrogens with zero attached hydrogens (tertiary/aromatic N) is 4. The molecule has 0 bridgehead atoms. The molecule has 1 aliphatic rings. The number of amides is 1. The van der Waals surface area contributed by atoms with E-state index >= 15 is 0 Å². The molecule has 2 aromatic carbocycles. The van der Waals surface area contributed by atoms with Gasteiger partial charge < -0.3 is 34.3 Å². The number of anilines is 2. The minimum atomic E-state index is -5.36.